The summed E-state index contributed by atoms with van der Waals surface area (Å²) in [4.78, 5) is 10.7. The Bertz CT molecular complexity index is 180. The molecular formula is C16H31OSe. The van der Waals surface area contributed by atoms with E-state index < -0.39 is 0 Å². The number of carbonyl (C=O) groups is 1. The van der Waals surface area contributed by atoms with Gasteiger partial charge in [-0.15, -0.1) is 0 Å². The van der Waals surface area contributed by atoms with Crippen molar-refractivity contribution in [3.63, 3.8) is 0 Å². The second-order valence-electron chi connectivity index (χ2n) is 5.36. The van der Waals surface area contributed by atoms with E-state index in [4.69, 9.17) is 0 Å². The van der Waals surface area contributed by atoms with E-state index in [1.165, 1.54) is 77.0 Å². The molecule has 2 heteroatoms. The third-order valence-electron chi connectivity index (χ3n) is 3.48. The summed E-state index contributed by atoms with van der Waals surface area (Å²) in [6.45, 7) is 2.27. The van der Waals surface area contributed by atoms with Crippen LogP contribution in [0.5, 0.6) is 0 Å². The van der Waals surface area contributed by atoms with Crippen LogP contribution in [0.4, 0.5) is 0 Å². The van der Waals surface area contributed by atoms with Crippen LogP contribution >= 0.6 is 0 Å². The standard InChI is InChI=1S/C16H31OSe/c1-2-3-4-5-6-7-8-9-10-11-12-13-14-15-16(17)18/h2-15H2,1H3. The topological polar surface area (TPSA) is 17.1 Å². The number of unbranched alkanes of at least 4 members (excludes halogenated alkanes) is 12. The van der Waals surface area contributed by atoms with Crippen LogP contribution in [0, 0.1) is 0 Å². The Labute approximate surface area is 122 Å². The van der Waals surface area contributed by atoms with Gasteiger partial charge >= 0.3 is 96.1 Å². The molecule has 1 radical (unpaired) electrons. The summed E-state index contributed by atoms with van der Waals surface area (Å²) < 4.78 is 0.220. The van der Waals surface area contributed by atoms with Crippen molar-refractivity contribution in [1.29, 1.82) is 0 Å². The maximum absolute atomic E-state index is 10.7. The van der Waals surface area contributed by atoms with Crippen molar-refractivity contribution in [2.24, 2.45) is 0 Å². The SMILES string of the molecule is CCCCCCCCCCCCCCCC(=O)[Se]. The molecule has 0 aromatic carbocycles. The predicted molar refractivity (Wildman–Crippen MR) is 81.1 cm³/mol. The summed E-state index contributed by atoms with van der Waals surface area (Å²) in [5, 5.41) is 0. The molecule has 0 heterocycles. The van der Waals surface area contributed by atoms with E-state index in [1.54, 1.807) is 0 Å². The van der Waals surface area contributed by atoms with Gasteiger partial charge in [0.25, 0.3) is 0 Å². The Morgan fingerprint density at radius 2 is 1.00 bits per heavy atom. The summed E-state index contributed by atoms with van der Waals surface area (Å²) in [5.41, 5.74) is 0. The normalized spacial score (nSPS) is 10.7. The van der Waals surface area contributed by atoms with Crippen molar-refractivity contribution in [3.05, 3.63) is 0 Å². The van der Waals surface area contributed by atoms with E-state index in [2.05, 4.69) is 22.9 Å². The molecule has 0 aliphatic rings. The molecule has 0 aliphatic heterocycles. The third-order valence-corrected chi connectivity index (χ3v) is 3.91. The number of hydrogen-bond donors (Lipinski definition) is 0. The zero-order valence-electron chi connectivity index (χ0n) is 12.2. The van der Waals surface area contributed by atoms with Crippen LogP contribution in [0.1, 0.15) is 96.8 Å². The first kappa shape index (κ1) is 18.2. The fourth-order valence-electron chi connectivity index (χ4n) is 2.29. The molecule has 0 saturated heterocycles. The van der Waals surface area contributed by atoms with Gasteiger partial charge in [-0.05, 0) is 0 Å². The van der Waals surface area contributed by atoms with Gasteiger partial charge in [0.15, 0.2) is 0 Å². The van der Waals surface area contributed by atoms with Crippen LogP contribution < -0.4 is 0 Å². The molecule has 0 saturated carbocycles. The van der Waals surface area contributed by atoms with E-state index in [9.17, 15) is 4.79 Å². The van der Waals surface area contributed by atoms with Crippen LogP contribution in [-0.2, 0) is 4.79 Å². The van der Waals surface area contributed by atoms with Crippen LogP contribution in [0.3, 0.4) is 0 Å². The van der Waals surface area contributed by atoms with E-state index in [-0.39, 0.29) is 4.68 Å². The monoisotopic (exact) mass is 319 g/mol. The molecule has 107 valence electrons. The Balaban J connectivity index is 2.92. The van der Waals surface area contributed by atoms with Gasteiger partial charge in [-0.3, -0.25) is 0 Å². The average molecular weight is 318 g/mol. The minimum atomic E-state index is 0.220. The second kappa shape index (κ2) is 15.2. The van der Waals surface area contributed by atoms with E-state index in [0.29, 0.717) is 0 Å². The second-order valence-corrected chi connectivity index (χ2v) is 6.32. The first-order valence-corrected chi connectivity index (χ1v) is 8.83. The van der Waals surface area contributed by atoms with Gasteiger partial charge in [-0.2, -0.15) is 0 Å². The van der Waals surface area contributed by atoms with Crippen LogP contribution in [0.25, 0.3) is 0 Å². The molecule has 0 fully saturated rings. The van der Waals surface area contributed by atoms with Crippen LogP contribution in [0.15, 0.2) is 0 Å². The van der Waals surface area contributed by atoms with Gasteiger partial charge in [0.05, 0.1) is 0 Å². The van der Waals surface area contributed by atoms with Crippen molar-refractivity contribution in [2.45, 2.75) is 96.8 Å². The zero-order valence-corrected chi connectivity index (χ0v) is 13.9. The molecule has 0 aliphatic carbocycles. The Hall–Kier alpha value is 0.189. The van der Waals surface area contributed by atoms with Gasteiger partial charge in [0.2, 0.25) is 0 Å². The summed E-state index contributed by atoms with van der Waals surface area (Å²) in [7, 11) is 0. The molecule has 0 atom stereocenters. The van der Waals surface area contributed by atoms with Gasteiger partial charge in [-0.1, -0.05) is 26.2 Å². The summed E-state index contributed by atoms with van der Waals surface area (Å²) in [6, 6.07) is 0. The van der Waals surface area contributed by atoms with Gasteiger partial charge < -0.3 is 0 Å². The minimum absolute atomic E-state index is 0.220. The van der Waals surface area contributed by atoms with Crippen molar-refractivity contribution in [1.82, 2.24) is 0 Å². The fourth-order valence-corrected chi connectivity index (χ4v) is 2.59. The summed E-state index contributed by atoms with van der Waals surface area (Å²) in [6.07, 6.45) is 18.4. The maximum atomic E-state index is 10.7. The van der Waals surface area contributed by atoms with Crippen molar-refractivity contribution < 1.29 is 4.79 Å². The molecule has 0 amide bonds. The summed E-state index contributed by atoms with van der Waals surface area (Å²) in [5.74, 6) is 0. The van der Waals surface area contributed by atoms with Crippen LogP contribution in [0.2, 0.25) is 0 Å². The third kappa shape index (κ3) is 16.2. The molecule has 18 heavy (non-hydrogen) atoms. The van der Waals surface area contributed by atoms with Gasteiger partial charge in [-0.25, -0.2) is 0 Å². The first-order valence-electron chi connectivity index (χ1n) is 7.97. The van der Waals surface area contributed by atoms with E-state index >= 15 is 0 Å². The van der Waals surface area contributed by atoms with Crippen molar-refractivity contribution in [2.75, 3.05) is 0 Å². The molecule has 0 aromatic heterocycles. The van der Waals surface area contributed by atoms with Crippen molar-refractivity contribution >= 4 is 20.7 Å². The van der Waals surface area contributed by atoms with Crippen LogP contribution in [-0.4, -0.2) is 20.7 Å². The Kier molecular flexibility index (Phi) is 15.4. The summed E-state index contributed by atoms with van der Waals surface area (Å²) >= 11 is 2.54. The number of carbonyl (C=O) groups excluding carboxylic acids is 1. The number of rotatable bonds is 14. The molecule has 0 spiro atoms. The Morgan fingerprint density at radius 1 is 0.667 bits per heavy atom. The zero-order chi connectivity index (χ0) is 13.5. The molecule has 0 aromatic rings. The molecule has 0 rings (SSSR count). The number of hydrogen-bond acceptors (Lipinski definition) is 1. The van der Waals surface area contributed by atoms with Crippen molar-refractivity contribution in [3.8, 4) is 0 Å². The molecule has 0 unspecified atom stereocenters. The average Bonchev–Trinajstić information content (AvgIpc) is 2.34. The van der Waals surface area contributed by atoms with E-state index in [1.807, 2.05) is 0 Å². The molecular weight excluding hydrogens is 287 g/mol. The van der Waals surface area contributed by atoms with Gasteiger partial charge in [0, 0.05) is 0 Å². The fraction of sp³-hybridized carbons (Fsp3) is 0.938. The molecule has 0 N–H and O–H groups in total. The first-order chi connectivity index (χ1) is 8.77. The quantitative estimate of drug-likeness (QED) is 0.319. The predicted octanol–water partition coefficient (Wildman–Crippen LogP) is 5.16. The van der Waals surface area contributed by atoms with Gasteiger partial charge in [0.1, 0.15) is 0 Å². The molecule has 0 bridgehead atoms. The Morgan fingerprint density at radius 3 is 1.33 bits per heavy atom. The molecule has 1 nitrogen and oxygen atoms in total. The van der Waals surface area contributed by atoms with E-state index in [0.717, 1.165) is 12.8 Å².